The molecule has 2 aromatic rings. The summed E-state index contributed by atoms with van der Waals surface area (Å²) < 4.78 is 39.7. The lowest BCUT2D eigenvalue weighted by atomic mass is 9.97. The molecule has 2 aromatic carbocycles. The number of carbonyl (C=O) groups is 1. The second-order valence-electron chi connectivity index (χ2n) is 7.33. The maximum absolute atomic E-state index is 12.3. The van der Waals surface area contributed by atoms with E-state index in [0.29, 0.717) is 0 Å². The molecule has 1 saturated heterocycles. The summed E-state index contributed by atoms with van der Waals surface area (Å²) in [6.45, 7) is 1.10. The van der Waals surface area contributed by atoms with Crippen molar-refractivity contribution < 1.29 is 42.2 Å². The lowest BCUT2D eigenvalue weighted by Gasteiger charge is -2.40. The van der Waals surface area contributed by atoms with Crippen molar-refractivity contribution in [1.82, 2.24) is 5.32 Å². The van der Waals surface area contributed by atoms with E-state index in [2.05, 4.69) is 5.32 Å². The number of hydrogen-bond acceptors (Lipinski definition) is 9. The standard InChI is InChI=1S/C21H25NO9S/c1-13-7-9-15(10-8-13)32(27,28)30-12-16-18(23)19(24)17(20(25)31-16)22-21(26)29-11-14-5-3-2-4-6-14/h2-10,16-20,23-25H,11-12H2,1H3,(H,22,26)/t16-,17+,18-,19-,20+/m1/s1. The molecule has 5 atom stereocenters. The number of aliphatic hydroxyl groups excluding tert-OH is 3. The number of amides is 1. The van der Waals surface area contributed by atoms with Gasteiger partial charge >= 0.3 is 6.09 Å². The van der Waals surface area contributed by atoms with Gasteiger partial charge in [0.15, 0.2) is 6.29 Å². The van der Waals surface area contributed by atoms with Crippen molar-refractivity contribution in [1.29, 1.82) is 0 Å². The van der Waals surface area contributed by atoms with Gasteiger partial charge in [-0.1, -0.05) is 48.0 Å². The SMILES string of the molecule is Cc1ccc(S(=O)(=O)OC[C@H]2O[C@H](O)[C@@H](NC(=O)OCc3ccccc3)[C@@H](O)[C@@H]2O)cc1. The van der Waals surface area contributed by atoms with Crippen molar-refractivity contribution >= 4 is 16.2 Å². The van der Waals surface area contributed by atoms with E-state index >= 15 is 0 Å². The van der Waals surface area contributed by atoms with E-state index in [1.807, 2.05) is 6.07 Å². The van der Waals surface area contributed by atoms with Crippen LogP contribution in [-0.2, 0) is 30.4 Å². The Morgan fingerprint density at radius 3 is 2.34 bits per heavy atom. The fourth-order valence-electron chi connectivity index (χ4n) is 3.07. The molecule has 0 saturated carbocycles. The summed E-state index contributed by atoms with van der Waals surface area (Å²) in [5.74, 6) is 0. The van der Waals surface area contributed by atoms with Crippen LogP contribution in [-0.4, -0.2) is 67.1 Å². The van der Waals surface area contributed by atoms with Crippen LogP contribution in [0.5, 0.6) is 0 Å². The molecule has 4 N–H and O–H groups in total. The van der Waals surface area contributed by atoms with Gasteiger partial charge in [-0.3, -0.25) is 4.18 Å². The summed E-state index contributed by atoms with van der Waals surface area (Å²) in [5, 5.41) is 33.0. The summed E-state index contributed by atoms with van der Waals surface area (Å²) in [5.41, 5.74) is 1.60. The predicted octanol–water partition coefficient (Wildman–Crippen LogP) is 0.434. The van der Waals surface area contributed by atoms with Gasteiger partial charge in [0.05, 0.1) is 11.5 Å². The van der Waals surface area contributed by atoms with Gasteiger partial charge in [0.2, 0.25) is 0 Å². The highest BCUT2D eigenvalue weighted by molar-refractivity contribution is 7.86. The van der Waals surface area contributed by atoms with Crippen molar-refractivity contribution in [2.75, 3.05) is 6.61 Å². The first kappa shape index (κ1) is 24.1. The Hall–Kier alpha value is -2.54. The van der Waals surface area contributed by atoms with E-state index in [9.17, 15) is 28.5 Å². The number of ether oxygens (including phenoxy) is 2. The van der Waals surface area contributed by atoms with Crippen LogP contribution in [0, 0.1) is 6.92 Å². The van der Waals surface area contributed by atoms with Crippen LogP contribution in [0.25, 0.3) is 0 Å². The molecule has 1 fully saturated rings. The molecule has 174 valence electrons. The quantitative estimate of drug-likeness (QED) is 0.425. The highest BCUT2D eigenvalue weighted by Crippen LogP contribution is 2.22. The van der Waals surface area contributed by atoms with E-state index in [1.165, 1.54) is 12.1 Å². The fraction of sp³-hybridized carbons (Fsp3) is 0.381. The fourth-order valence-corrected chi connectivity index (χ4v) is 3.99. The average Bonchev–Trinajstić information content (AvgIpc) is 2.78. The lowest BCUT2D eigenvalue weighted by molar-refractivity contribution is -0.251. The Labute approximate surface area is 185 Å². The summed E-state index contributed by atoms with van der Waals surface area (Å²) in [6.07, 6.45) is -7.36. The monoisotopic (exact) mass is 467 g/mol. The zero-order valence-corrected chi connectivity index (χ0v) is 18.0. The zero-order valence-electron chi connectivity index (χ0n) is 17.2. The Kier molecular flexibility index (Phi) is 7.82. The maximum Gasteiger partial charge on any atom is 0.407 e. The van der Waals surface area contributed by atoms with E-state index < -0.39 is 53.5 Å². The highest BCUT2D eigenvalue weighted by atomic mass is 32.2. The first-order valence-electron chi connectivity index (χ1n) is 9.80. The van der Waals surface area contributed by atoms with Gasteiger partial charge in [0.25, 0.3) is 10.1 Å². The van der Waals surface area contributed by atoms with E-state index in [0.717, 1.165) is 11.1 Å². The molecule has 0 bridgehead atoms. The Morgan fingerprint density at radius 1 is 1.03 bits per heavy atom. The minimum atomic E-state index is -4.15. The number of carbonyl (C=O) groups excluding carboxylic acids is 1. The summed E-state index contributed by atoms with van der Waals surface area (Å²) in [7, 11) is -4.15. The predicted molar refractivity (Wildman–Crippen MR) is 111 cm³/mol. The Morgan fingerprint density at radius 2 is 1.69 bits per heavy atom. The first-order valence-corrected chi connectivity index (χ1v) is 11.2. The molecule has 3 rings (SSSR count). The van der Waals surface area contributed by atoms with Gasteiger partial charge in [0, 0.05) is 0 Å². The third kappa shape index (κ3) is 6.03. The van der Waals surface area contributed by atoms with Crippen LogP contribution in [0.3, 0.4) is 0 Å². The van der Waals surface area contributed by atoms with Crippen molar-refractivity contribution in [3.8, 4) is 0 Å². The third-order valence-electron chi connectivity index (χ3n) is 4.91. The Balaban J connectivity index is 1.54. The molecule has 11 heteroatoms. The van der Waals surface area contributed by atoms with Crippen LogP contribution < -0.4 is 5.32 Å². The largest absolute Gasteiger partial charge is 0.445 e. The molecule has 1 amide bonds. The minimum absolute atomic E-state index is 0.0394. The number of aliphatic hydroxyl groups is 3. The van der Waals surface area contributed by atoms with Gasteiger partial charge in [-0.15, -0.1) is 0 Å². The van der Waals surface area contributed by atoms with Crippen molar-refractivity contribution in [3.63, 3.8) is 0 Å². The molecule has 0 spiro atoms. The molecule has 0 radical (unpaired) electrons. The van der Waals surface area contributed by atoms with Crippen LogP contribution in [0.1, 0.15) is 11.1 Å². The number of aryl methyl sites for hydroxylation is 1. The molecule has 32 heavy (non-hydrogen) atoms. The van der Waals surface area contributed by atoms with Gasteiger partial charge in [-0.2, -0.15) is 8.42 Å². The van der Waals surface area contributed by atoms with Gasteiger partial charge in [-0.25, -0.2) is 4.79 Å². The summed E-state index contributed by atoms with van der Waals surface area (Å²) in [6, 6.07) is 13.4. The molecular formula is C21H25NO9S. The van der Waals surface area contributed by atoms with Crippen LogP contribution in [0.15, 0.2) is 59.5 Å². The smallest absolute Gasteiger partial charge is 0.407 e. The normalized spacial score (nSPS) is 25.8. The van der Waals surface area contributed by atoms with Crippen molar-refractivity contribution in [2.24, 2.45) is 0 Å². The van der Waals surface area contributed by atoms with Gasteiger partial charge in [0.1, 0.15) is 31.0 Å². The average molecular weight is 467 g/mol. The zero-order chi connectivity index (χ0) is 23.3. The van der Waals surface area contributed by atoms with Gasteiger partial charge < -0.3 is 30.1 Å². The van der Waals surface area contributed by atoms with Crippen molar-refractivity contribution in [3.05, 3.63) is 65.7 Å². The third-order valence-corrected chi connectivity index (χ3v) is 6.21. The molecule has 1 heterocycles. The van der Waals surface area contributed by atoms with E-state index in [-0.39, 0.29) is 11.5 Å². The van der Waals surface area contributed by atoms with Gasteiger partial charge in [-0.05, 0) is 24.6 Å². The second-order valence-corrected chi connectivity index (χ2v) is 8.95. The number of alkyl carbamates (subject to hydrolysis) is 1. The van der Waals surface area contributed by atoms with E-state index in [1.54, 1.807) is 43.3 Å². The summed E-state index contributed by atoms with van der Waals surface area (Å²) >= 11 is 0. The molecule has 10 nitrogen and oxygen atoms in total. The summed E-state index contributed by atoms with van der Waals surface area (Å²) in [4.78, 5) is 11.9. The molecule has 1 aliphatic heterocycles. The molecule has 1 aliphatic rings. The molecular weight excluding hydrogens is 442 g/mol. The van der Waals surface area contributed by atoms with Crippen LogP contribution in [0.2, 0.25) is 0 Å². The van der Waals surface area contributed by atoms with E-state index in [4.69, 9.17) is 13.7 Å². The molecule has 0 unspecified atom stereocenters. The van der Waals surface area contributed by atoms with Crippen LogP contribution in [0.4, 0.5) is 4.79 Å². The molecule has 0 aromatic heterocycles. The second kappa shape index (κ2) is 10.4. The maximum atomic E-state index is 12.3. The minimum Gasteiger partial charge on any atom is -0.445 e. The Bertz CT molecular complexity index is 998. The topological polar surface area (TPSA) is 152 Å². The lowest BCUT2D eigenvalue weighted by Crippen LogP contribution is -2.64. The first-order chi connectivity index (χ1) is 15.2. The number of benzene rings is 2. The number of nitrogens with one attached hydrogen (secondary N) is 1. The number of rotatable bonds is 7. The number of hydrogen-bond donors (Lipinski definition) is 4. The molecule has 0 aliphatic carbocycles. The van der Waals surface area contributed by atoms with Crippen LogP contribution >= 0.6 is 0 Å². The highest BCUT2D eigenvalue weighted by Gasteiger charge is 2.45. The van der Waals surface area contributed by atoms with Crippen molar-refractivity contribution in [2.45, 2.75) is 49.1 Å².